The van der Waals surface area contributed by atoms with Gasteiger partial charge < -0.3 is 15.1 Å². The molecule has 146 valence electrons. The summed E-state index contributed by atoms with van der Waals surface area (Å²) >= 11 is 0. The quantitative estimate of drug-likeness (QED) is 0.755. The highest BCUT2D eigenvalue weighted by Crippen LogP contribution is 2.16. The minimum atomic E-state index is 0. The van der Waals surface area contributed by atoms with Gasteiger partial charge in [-0.1, -0.05) is 0 Å². The first-order chi connectivity index (χ1) is 11.2. The van der Waals surface area contributed by atoms with E-state index in [0.29, 0.717) is 24.8 Å². The molecular weight excluding hydrogens is 363 g/mol. The van der Waals surface area contributed by atoms with Gasteiger partial charge in [0.15, 0.2) is 0 Å². The molecule has 0 aliphatic carbocycles. The van der Waals surface area contributed by atoms with Crippen LogP contribution < -0.4 is 5.32 Å². The number of amides is 2. The number of likely N-dealkylation sites (tertiary alicyclic amines) is 1. The van der Waals surface area contributed by atoms with Crippen LogP contribution >= 0.6 is 24.8 Å². The number of nitrogens with zero attached hydrogens (tertiary/aromatic N) is 3. The highest BCUT2D eigenvalue weighted by Gasteiger charge is 2.25. The Morgan fingerprint density at radius 3 is 2.12 bits per heavy atom. The van der Waals surface area contributed by atoms with Crippen LogP contribution in [-0.4, -0.2) is 85.4 Å². The van der Waals surface area contributed by atoms with E-state index in [1.165, 1.54) is 6.42 Å². The van der Waals surface area contributed by atoms with E-state index in [0.717, 1.165) is 71.6 Å². The van der Waals surface area contributed by atoms with Crippen LogP contribution in [0.3, 0.4) is 0 Å². The molecular formula is C17H32Cl2N4O2. The lowest BCUT2D eigenvalue weighted by atomic mass is 10.0. The second-order valence-corrected chi connectivity index (χ2v) is 7.14. The summed E-state index contributed by atoms with van der Waals surface area (Å²) in [5.41, 5.74) is 0. The summed E-state index contributed by atoms with van der Waals surface area (Å²) < 4.78 is 0. The molecule has 8 heteroatoms. The van der Waals surface area contributed by atoms with Gasteiger partial charge in [-0.25, -0.2) is 0 Å². The minimum absolute atomic E-state index is 0. The molecule has 0 radical (unpaired) electrons. The van der Waals surface area contributed by atoms with Crippen molar-refractivity contribution in [2.24, 2.45) is 5.92 Å². The number of nitrogens with one attached hydrogen (secondary N) is 1. The van der Waals surface area contributed by atoms with Gasteiger partial charge in [0, 0.05) is 45.7 Å². The van der Waals surface area contributed by atoms with E-state index in [-0.39, 0.29) is 30.7 Å². The Morgan fingerprint density at radius 1 is 0.880 bits per heavy atom. The van der Waals surface area contributed by atoms with Gasteiger partial charge in [0.25, 0.3) is 0 Å². The lowest BCUT2D eigenvalue weighted by Gasteiger charge is -2.35. The van der Waals surface area contributed by atoms with Crippen LogP contribution in [0.1, 0.15) is 32.1 Å². The second kappa shape index (κ2) is 11.2. The number of halogens is 2. The van der Waals surface area contributed by atoms with Crippen LogP contribution in [0.15, 0.2) is 0 Å². The third-order valence-electron chi connectivity index (χ3n) is 5.47. The van der Waals surface area contributed by atoms with Crippen LogP contribution in [0, 0.1) is 5.92 Å². The predicted octanol–water partition coefficient (Wildman–Crippen LogP) is 0.986. The van der Waals surface area contributed by atoms with Gasteiger partial charge in [-0.2, -0.15) is 0 Å². The standard InChI is InChI=1S/C17H30N4O2.2ClH/c22-16(4-3-15-5-6-18-13-15)21-11-9-19(10-12-21)14-17(23)20-7-1-2-8-20;;/h15,18H,1-14H2;2*1H. The molecule has 6 nitrogen and oxygen atoms in total. The zero-order chi connectivity index (χ0) is 16.1. The Hall–Kier alpha value is -0.560. The molecule has 1 N–H and O–H groups in total. The second-order valence-electron chi connectivity index (χ2n) is 7.14. The Labute approximate surface area is 163 Å². The molecule has 3 aliphatic heterocycles. The van der Waals surface area contributed by atoms with Crippen LogP contribution in [0.5, 0.6) is 0 Å². The molecule has 1 atom stereocenters. The molecule has 0 aromatic rings. The number of rotatable bonds is 5. The molecule has 1 unspecified atom stereocenters. The maximum Gasteiger partial charge on any atom is 0.236 e. The molecule has 2 amide bonds. The van der Waals surface area contributed by atoms with E-state index in [1.807, 2.05) is 9.80 Å². The fourth-order valence-corrected chi connectivity index (χ4v) is 3.86. The van der Waals surface area contributed by atoms with Crippen molar-refractivity contribution in [1.82, 2.24) is 20.0 Å². The number of carbonyl (C=O) groups excluding carboxylic acids is 2. The van der Waals surface area contributed by atoms with E-state index in [4.69, 9.17) is 0 Å². The smallest absolute Gasteiger partial charge is 0.236 e. The maximum atomic E-state index is 12.3. The number of piperazine rings is 1. The van der Waals surface area contributed by atoms with Gasteiger partial charge >= 0.3 is 0 Å². The van der Waals surface area contributed by atoms with Crippen LogP contribution in [-0.2, 0) is 9.59 Å². The molecule has 3 fully saturated rings. The van der Waals surface area contributed by atoms with Gasteiger partial charge in [-0.15, -0.1) is 24.8 Å². The molecule has 0 aromatic carbocycles. The highest BCUT2D eigenvalue weighted by atomic mass is 35.5. The third kappa shape index (κ3) is 6.59. The van der Waals surface area contributed by atoms with Crippen LogP contribution in [0.4, 0.5) is 0 Å². The zero-order valence-electron chi connectivity index (χ0n) is 15.0. The lowest BCUT2D eigenvalue weighted by Crippen LogP contribution is -2.51. The normalized spacial score (nSPS) is 23.9. The van der Waals surface area contributed by atoms with Crippen molar-refractivity contribution in [3.05, 3.63) is 0 Å². The van der Waals surface area contributed by atoms with E-state index in [9.17, 15) is 9.59 Å². The van der Waals surface area contributed by atoms with Crippen LogP contribution in [0.25, 0.3) is 0 Å². The predicted molar refractivity (Wildman–Crippen MR) is 104 cm³/mol. The fraction of sp³-hybridized carbons (Fsp3) is 0.882. The van der Waals surface area contributed by atoms with Crippen molar-refractivity contribution in [2.45, 2.75) is 32.1 Å². The Morgan fingerprint density at radius 2 is 1.52 bits per heavy atom. The van der Waals surface area contributed by atoms with Crippen molar-refractivity contribution in [3.63, 3.8) is 0 Å². The van der Waals surface area contributed by atoms with E-state index < -0.39 is 0 Å². The Bertz CT molecular complexity index is 419. The van der Waals surface area contributed by atoms with Crippen molar-refractivity contribution in [1.29, 1.82) is 0 Å². The SMILES string of the molecule is Cl.Cl.O=C(CCC1CCNC1)N1CCN(CC(=O)N2CCCC2)CC1. The van der Waals surface area contributed by atoms with Crippen LogP contribution in [0.2, 0.25) is 0 Å². The summed E-state index contributed by atoms with van der Waals surface area (Å²) in [4.78, 5) is 30.6. The van der Waals surface area contributed by atoms with Gasteiger partial charge in [0.2, 0.25) is 11.8 Å². The van der Waals surface area contributed by atoms with Crippen molar-refractivity contribution < 1.29 is 9.59 Å². The molecule has 3 aliphatic rings. The first-order valence-corrected chi connectivity index (χ1v) is 9.21. The summed E-state index contributed by atoms with van der Waals surface area (Å²) in [7, 11) is 0. The lowest BCUT2D eigenvalue weighted by molar-refractivity contribution is -0.134. The maximum absolute atomic E-state index is 12.3. The van der Waals surface area contributed by atoms with Crippen molar-refractivity contribution in [3.8, 4) is 0 Å². The summed E-state index contributed by atoms with van der Waals surface area (Å²) in [6, 6.07) is 0. The third-order valence-corrected chi connectivity index (χ3v) is 5.47. The summed E-state index contributed by atoms with van der Waals surface area (Å²) in [5.74, 6) is 1.23. The highest BCUT2D eigenvalue weighted by molar-refractivity contribution is 5.85. The Kier molecular flexibility index (Phi) is 10.1. The summed E-state index contributed by atoms with van der Waals surface area (Å²) in [6.45, 7) is 7.75. The monoisotopic (exact) mass is 394 g/mol. The molecule has 3 rings (SSSR count). The average Bonchev–Trinajstić information content (AvgIpc) is 3.26. The first kappa shape index (κ1) is 22.5. The van der Waals surface area contributed by atoms with Crippen molar-refractivity contribution in [2.75, 3.05) is 58.9 Å². The van der Waals surface area contributed by atoms with E-state index >= 15 is 0 Å². The number of hydrogen-bond donors (Lipinski definition) is 1. The molecule has 0 spiro atoms. The van der Waals surface area contributed by atoms with Gasteiger partial charge in [0.05, 0.1) is 6.54 Å². The zero-order valence-corrected chi connectivity index (χ0v) is 16.6. The minimum Gasteiger partial charge on any atom is -0.342 e. The molecule has 0 aromatic heterocycles. The largest absolute Gasteiger partial charge is 0.342 e. The van der Waals surface area contributed by atoms with E-state index in [1.54, 1.807) is 0 Å². The molecule has 25 heavy (non-hydrogen) atoms. The summed E-state index contributed by atoms with van der Waals surface area (Å²) in [6.07, 6.45) is 5.19. The van der Waals surface area contributed by atoms with Gasteiger partial charge in [-0.3, -0.25) is 14.5 Å². The number of hydrogen-bond acceptors (Lipinski definition) is 4. The molecule has 0 bridgehead atoms. The summed E-state index contributed by atoms with van der Waals surface area (Å²) in [5, 5.41) is 3.36. The van der Waals surface area contributed by atoms with Crippen molar-refractivity contribution >= 4 is 36.6 Å². The van der Waals surface area contributed by atoms with Gasteiger partial charge in [0.1, 0.15) is 0 Å². The fourth-order valence-electron chi connectivity index (χ4n) is 3.86. The Balaban J connectivity index is 0.00000156. The van der Waals surface area contributed by atoms with E-state index in [2.05, 4.69) is 10.2 Å². The average molecular weight is 395 g/mol. The molecule has 3 saturated heterocycles. The first-order valence-electron chi connectivity index (χ1n) is 9.21. The van der Waals surface area contributed by atoms with Gasteiger partial charge in [-0.05, 0) is 44.7 Å². The topological polar surface area (TPSA) is 55.9 Å². The molecule has 0 saturated carbocycles. The molecule has 3 heterocycles. The number of carbonyl (C=O) groups is 2.